The maximum atomic E-state index is 6.19. The summed E-state index contributed by atoms with van der Waals surface area (Å²) in [5, 5.41) is 0. The minimum atomic E-state index is 0.363. The molecule has 0 amide bonds. The zero-order chi connectivity index (χ0) is 12.3. The molecule has 2 N–H and O–H groups in total. The van der Waals surface area contributed by atoms with Crippen molar-refractivity contribution in [2.45, 2.75) is 76.8 Å². The van der Waals surface area contributed by atoms with Crippen LogP contribution in [0.4, 0.5) is 0 Å². The van der Waals surface area contributed by atoms with E-state index >= 15 is 0 Å². The Labute approximate surface area is 107 Å². The van der Waals surface area contributed by atoms with Crippen molar-refractivity contribution in [2.75, 3.05) is 13.1 Å². The van der Waals surface area contributed by atoms with Gasteiger partial charge in [-0.15, -0.1) is 0 Å². The summed E-state index contributed by atoms with van der Waals surface area (Å²) in [5.74, 6) is 0.929. The number of nitrogens with zero attached hydrogens (tertiary/aromatic N) is 1. The summed E-state index contributed by atoms with van der Waals surface area (Å²) in [6, 6.07) is 0.808. The van der Waals surface area contributed by atoms with Gasteiger partial charge in [-0.25, -0.2) is 0 Å². The van der Waals surface area contributed by atoms with Crippen molar-refractivity contribution in [3.05, 3.63) is 0 Å². The highest BCUT2D eigenvalue weighted by Gasteiger charge is 2.44. The Morgan fingerprint density at radius 2 is 2.00 bits per heavy atom. The quantitative estimate of drug-likeness (QED) is 0.815. The fourth-order valence-electron chi connectivity index (χ4n) is 4.18. The van der Waals surface area contributed by atoms with Gasteiger partial charge in [-0.1, -0.05) is 26.7 Å². The van der Waals surface area contributed by atoms with Crippen LogP contribution in [0.2, 0.25) is 0 Å². The minimum Gasteiger partial charge on any atom is -0.329 e. The first-order chi connectivity index (χ1) is 8.25. The molecule has 2 nitrogen and oxygen atoms in total. The summed E-state index contributed by atoms with van der Waals surface area (Å²) >= 11 is 0. The third kappa shape index (κ3) is 2.53. The Bertz CT molecular complexity index is 241. The van der Waals surface area contributed by atoms with Gasteiger partial charge in [0.1, 0.15) is 0 Å². The fourth-order valence-corrected chi connectivity index (χ4v) is 4.18. The second-order valence-electron chi connectivity index (χ2n) is 6.20. The lowest BCUT2D eigenvalue weighted by atomic mass is 9.87. The number of rotatable bonds is 4. The Hall–Kier alpha value is -0.0800. The molecule has 17 heavy (non-hydrogen) atoms. The van der Waals surface area contributed by atoms with Crippen LogP contribution in [0.1, 0.15) is 65.2 Å². The largest absolute Gasteiger partial charge is 0.329 e. The summed E-state index contributed by atoms with van der Waals surface area (Å²) in [4.78, 5) is 2.81. The van der Waals surface area contributed by atoms with Crippen LogP contribution in [-0.4, -0.2) is 29.6 Å². The summed E-state index contributed by atoms with van der Waals surface area (Å²) in [5.41, 5.74) is 6.55. The van der Waals surface area contributed by atoms with Gasteiger partial charge in [-0.2, -0.15) is 0 Å². The molecule has 1 aliphatic heterocycles. The van der Waals surface area contributed by atoms with Gasteiger partial charge in [-0.05, 0) is 51.0 Å². The van der Waals surface area contributed by atoms with Crippen LogP contribution in [0.3, 0.4) is 0 Å². The van der Waals surface area contributed by atoms with E-state index in [9.17, 15) is 0 Å². The van der Waals surface area contributed by atoms with Crippen molar-refractivity contribution in [1.29, 1.82) is 0 Å². The summed E-state index contributed by atoms with van der Waals surface area (Å²) in [7, 11) is 0. The first-order valence-electron chi connectivity index (χ1n) is 7.72. The highest BCUT2D eigenvalue weighted by atomic mass is 15.2. The molecule has 2 rings (SSSR count). The Balaban J connectivity index is 2.10. The van der Waals surface area contributed by atoms with E-state index in [0.29, 0.717) is 5.54 Å². The lowest BCUT2D eigenvalue weighted by Crippen LogP contribution is -2.58. The van der Waals surface area contributed by atoms with Crippen molar-refractivity contribution < 1.29 is 0 Å². The molecule has 1 saturated carbocycles. The van der Waals surface area contributed by atoms with E-state index < -0.39 is 0 Å². The summed E-state index contributed by atoms with van der Waals surface area (Å²) < 4.78 is 0. The van der Waals surface area contributed by atoms with Crippen molar-refractivity contribution in [3.63, 3.8) is 0 Å². The minimum absolute atomic E-state index is 0.363. The zero-order valence-electron chi connectivity index (χ0n) is 11.8. The van der Waals surface area contributed by atoms with Crippen LogP contribution in [0, 0.1) is 5.92 Å². The van der Waals surface area contributed by atoms with Crippen molar-refractivity contribution in [3.8, 4) is 0 Å². The zero-order valence-corrected chi connectivity index (χ0v) is 11.8. The number of piperidine rings is 1. The van der Waals surface area contributed by atoms with E-state index in [-0.39, 0.29) is 0 Å². The van der Waals surface area contributed by atoms with Crippen LogP contribution in [-0.2, 0) is 0 Å². The van der Waals surface area contributed by atoms with Gasteiger partial charge in [0.25, 0.3) is 0 Å². The molecule has 0 aromatic rings. The SMILES string of the molecule is CCC1CCC(CN)(N2CCCCC2CC)C1. The standard InChI is InChI=1S/C15H30N2/c1-3-13-8-9-15(11-13,12-16)17-10-6-5-7-14(17)4-2/h13-14H,3-12,16H2,1-2H3. The van der Waals surface area contributed by atoms with Crippen LogP contribution in [0.5, 0.6) is 0 Å². The monoisotopic (exact) mass is 238 g/mol. The van der Waals surface area contributed by atoms with Gasteiger partial charge in [0.15, 0.2) is 0 Å². The van der Waals surface area contributed by atoms with Gasteiger partial charge in [0.05, 0.1) is 0 Å². The molecule has 3 unspecified atom stereocenters. The third-order valence-corrected chi connectivity index (χ3v) is 5.35. The Morgan fingerprint density at radius 1 is 1.18 bits per heavy atom. The Morgan fingerprint density at radius 3 is 2.59 bits per heavy atom. The number of hydrogen-bond donors (Lipinski definition) is 1. The molecule has 3 atom stereocenters. The average molecular weight is 238 g/mol. The van der Waals surface area contributed by atoms with Gasteiger partial charge >= 0.3 is 0 Å². The summed E-state index contributed by atoms with van der Waals surface area (Å²) in [6.07, 6.45) is 11.0. The van der Waals surface area contributed by atoms with Gasteiger partial charge in [-0.3, -0.25) is 4.90 Å². The van der Waals surface area contributed by atoms with Gasteiger partial charge < -0.3 is 5.73 Å². The second kappa shape index (κ2) is 5.71. The molecule has 2 fully saturated rings. The first kappa shape index (κ1) is 13.4. The number of likely N-dealkylation sites (tertiary alicyclic amines) is 1. The van der Waals surface area contributed by atoms with E-state index in [2.05, 4.69) is 18.7 Å². The van der Waals surface area contributed by atoms with Crippen LogP contribution < -0.4 is 5.73 Å². The van der Waals surface area contributed by atoms with E-state index in [1.165, 1.54) is 57.9 Å². The predicted molar refractivity (Wildman–Crippen MR) is 74.1 cm³/mol. The van der Waals surface area contributed by atoms with Crippen LogP contribution in [0.25, 0.3) is 0 Å². The van der Waals surface area contributed by atoms with E-state index in [0.717, 1.165) is 18.5 Å². The lowest BCUT2D eigenvalue weighted by Gasteiger charge is -2.48. The maximum absolute atomic E-state index is 6.19. The molecule has 100 valence electrons. The van der Waals surface area contributed by atoms with E-state index in [1.807, 2.05) is 0 Å². The van der Waals surface area contributed by atoms with Crippen molar-refractivity contribution >= 4 is 0 Å². The molecule has 1 heterocycles. The first-order valence-corrected chi connectivity index (χ1v) is 7.72. The molecule has 0 bridgehead atoms. The molecule has 2 aliphatic rings. The fraction of sp³-hybridized carbons (Fsp3) is 1.00. The third-order valence-electron chi connectivity index (χ3n) is 5.35. The van der Waals surface area contributed by atoms with Crippen molar-refractivity contribution in [2.24, 2.45) is 11.7 Å². The molecule has 0 radical (unpaired) electrons. The predicted octanol–water partition coefficient (Wildman–Crippen LogP) is 3.16. The van der Waals surface area contributed by atoms with Gasteiger partial charge in [0, 0.05) is 18.1 Å². The molecular formula is C15H30N2. The van der Waals surface area contributed by atoms with Crippen molar-refractivity contribution in [1.82, 2.24) is 4.90 Å². The molecule has 0 aromatic heterocycles. The molecular weight excluding hydrogens is 208 g/mol. The smallest absolute Gasteiger partial charge is 0.0337 e. The molecule has 1 saturated heterocycles. The number of nitrogens with two attached hydrogens (primary N) is 1. The van der Waals surface area contributed by atoms with Crippen LogP contribution in [0.15, 0.2) is 0 Å². The molecule has 1 aliphatic carbocycles. The molecule has 0 spiro atoms. The van der Waals surface area contributed by atoms with Gasteiger partial charge in [0.2, 0.25) is 0 Å². The highest BCUT2D eigenvalue weighted by Crippen LogP contribution is 2.42. The van der Waals surface area contributed by atoms with Crippen LogP contribution >= 0.6 is 0 Å². The normalized spacial score (nSPS) is 39.7. The van der Waals surface area contributed by atoms with E-state index in [4.69, 9.17) is 5.73 Å². The molecule has 2 heteroatoms. The number of hydrogen-bond acceptors (Lipinski definition) is 2. The second-order valence-corrected chi connectivity index (χ2v) is 6.20. The highest BCUT2D eigenvalue weighted by molar-refractivity contribution is 5.01. The average Bonchev–Trinajstić information content (AvgIpc) is 2.83. The van der Waals surface area contributed by atoms with E-state index in [1.54, 1.807) is 0 Å². The summed E-state index contributed by atoms with van der Waals surface area (Å²) in [6.45, 7) is 6.86. The topological polar surface area (TPSA) is 29.3 Å². The molecule has 0 aromatic carbocycles. The Kier molecular flexibility index (Phi) is 4.48. The lowest BCUT2D eigenvalue weighted by molar-refractivity contribution is 0.0212. The maximum Gasteiger partial charge on any atom is 0.0337 e.